The Balaban J connectivity index is 3.98. The first-order valence-electron chi connectivity index (χ1n) is 5.09. The van der Waals surface area contributed by atoms with Crippen molar-refractivity contribution in [1.82, 2.24) is 4.72 Å². The third kappa shape index (κ3) is 8.35. The van der Waals surface area contributed by atoms with Gasteiger partial charge in [-0.15, -0.1) is 0 Å². The van der Waals surface area contributed by atoms with Gasteiger partial charge in [-0.2, -0.15) is 11.8 Å². The van der Waals surface area contributed by atoms with E-state index in [1.807, 2.05) is 13.2 Å². The van der Waals surface area contributed by atoms with Crippen LogP contribution in [0.15, 0.2) is 0 Å². The van der Waals surface area contributed by atoms with Crippen LogP contribution in [0, 0.1) is 0 Å². The van der Waals surface area contributed by atoms with Crippen molar-refractivity contribution in [2.24, 2.45) is 0 Å². The molecule has 0 aliphatic rings. The van der Waals surface area contributed by atoms with Gasteiger partial charge >= 0.3 is 0 Å². The van der Waals surface area contributed by atoms with Gasteiger partial charge < -0.3 is 9.84 Å². The number of aliphatic hydroxyl groups is 1. The summed E-state index contributed by atoms with van der Waals surface area (Å²) in [4.78, 5) is 0. The number of nitrogens with one attached hydrogen (secondary N) is 1. The fourth-order valence-electron chi connectivity index (χ4n) is 1.01. The summed E-state index contributed by atoms with van der Waals surface area (Å²) in [7, 11) is -3.35. The zero-order valence-corrected chi connectivity index (χ0v) is 11.7. The molecule has 0 aromatic rings. The summed E-state index contributed by atoms with van der Waals surface area (Å²) >= 11 is 1.47. The molecule has 16 heavy (non-hydrogen) atoms. The molecule has 0 aromatic carbocycles. The highest BCUT2D eigenvalue weighted by Crippen LogP contribution is 2.09. The van der Waals surface area contributed by atoms with Gasteiger partial charge in [-0.3, -0.25) is 0 Å². The number of ether oxygens (including phenoxy) is 1. The molecule has 0 rings (SSSR count). The molecular formula is C9H21NO4S2. The SMILES string of the molecule is CCOCCS(=O)(=O)NCC(C)(O)CSC. The van der Waals surface area contributed by atoms with E-state index in [2.05, 4.69) is 4.72 Å². The molecule has 0 heterocycles. The quantitative estimate of drug-likeness (QED) is 0.580. The summed E-state index contributed by atoms with van der Waals surface area (Å²) in [6, 6.07) is 0. The maximum Gasteiger partial charge on any atom is 0.213 e. The van der Waals surface area contributed by atoms with E-state index in [1.54, 1.807) is 6.92 Å². The van der Waals surface area contributed by atoms with Gasteiger partial charge in [0.15, 0.2) is 0 Å². The summed E-state index contributed by atoms with van der Waals surface area (Å²) in [6.07, 6.45) is 1.86. The molecule has 0 spiro atoms. The minimum Gasteiger partial charge on any atom is -0.388 e. The van der Waals surface area contributed by atoms with E-state index in [4.69, 9.17) is 4.74 Å². The van der Waals surface area contributed by atoms with Crippen LogP contribution in [0.5, 0.6) is 0 Å². The number of hydrogen-bond acceptors (Lipinski definition) is 5. The smallest absolute Gasteiger partial charge is 0.213 e. The highest BCUT2D eigenvalue weighted by atomic mass is 32.2. The largest absolute Gasteiger partial charge is 0.388 e. The third-order valence-electron chi connectivity index (χ3n) is 1.83. The Morgan fingerprint density at radius 3 is 2.62 bits per heavy atom. The van der Waals surface area contributed by atoms with Crippen LogP contribution in [0.1, 0.15) is 13.8 Å². The van der Waals surface area contributed by atoms with Crippen molar-refractivity contribution in [1.29, 1.82) is 0 Å². The van der Waals surface area contributed by atoms with E-state index >= 15 is 0 Å². The van der Waals surface area contributed by atoms with Gasteiger partial charge in [0.1, 0.15) is 0 Å². The predicted octanol–water partition coefficient (Wildman–Crippen LogP) is 0.0563. The average molecular weight is 271 g/mol. The number of rotatable bonds is 9. The second-order valence-electron chi connectivity index (χ2n) is 3.77. The van der Waals surface area contributed by atoms with Crippen LogP contribution in [-0.4, -0.2) is 56.6 Å². The van der Waals surface area contributed by atoms with Crippen LogP contribution in [-0.2, 0) is 14.8 Å². The molecule has 5 nitrogen and oxygen atoms in total. The minimum absolute atomic E-state index is 0.0301. The van der Waals surface area contributed by atoms with Crippen molar-refractivity contribution in [3.05, 3.63) is 0 Å². The molecule has 1 unspecified atom stereocenters. The Labute approximate surface area is 102 Å². The number of sulfonamides is 1. The van der Waals surface area contributed by atoms with Crippen molar-refractivity contribution in [2.45, 2.75) is 19.4 Å². The van der Waals surface area contributed by atoms with Crippen LogP contribution < -0.4 is 4.72 Å². The molecule has 98 valence electrons. The summed E-state index contributed by atoms with van der Waals surface area (Å²) < 4.78 is 30.2. The van der Waals surface area contributed by atoms with Gasteiger partial charge in [0.25, 0.3) is 0 Å². The molecule has 0 saturated carbocycles. The van der Waals surface area contributed by atoms with Crippen molar-refractivity contribution in [3.8, 4) is 0 Å². The Morgan fingerprint density at radius 2 is 2.12 bits per heavy atom. The van der Waals surface area contributed by atoms with Crippen LogP contribution in [0.25, 0.3) is 0 Å². The van der Waals surface area contributed by atoms with Gasteiger partial charge in [-0.1, -0.05) is 0 Å². The lowest BCUT2D eigenvalue weighted by molar-refractivity contribution is 0.0907. The molecule has 0 aromatic heterocycles. The van der Waals surface area contributed by atoms with Crippen LogP contribution >= 0.6 is 11.8 Å². The van der Waals surface area contributed by atoms with Crippen LogP contribution in [0.4, 0.5) is 0 Å². The molecular weight excluding hydrogens is 250 g/mol. The average Bonchev–Trinajstić information content (AvgIpc) is 2.16. The second-order valence-corrected chi connectivity index (χ2v) is 6.56. The standard InChI is InChI=1S/C9H21NO4S2/c1-4-14-5-6-16(12,13)10-7-9(2,11)8-15-3/h10-11H,4-8H2,1-3H3. The lowest BCUT2D eigenvalue weighted by atomic mass is 10.1. The molecule has 0 aliphatic carbocycles. The van der Waals surface area contributed by atoms with E-state index < -0.39 is 15.6 Å². The van der Waals surface area contributed by atoms with Gasteiger partial charge in [0.2, 0.25) is 10.0 Å². The Morgan fingerprint density at radius 1 is 1.50 bits per heavy atom. The summed E-state index contributed by atoms with van der Waals surface area (Å²) in [5, 5.41) is 9.77. The summed E-state index contributed by atoms with van der Waals surface area (Å²) in [5.41, 5.74) is -1.02. The molecule has 2 N–H and O–H groups in total. The minimum atomic E-state index is -3.35. The molecule has 7 heteroatoms. The molecule has 1 atom stereocenters. The summed E-state index contributed by atoms with van der Waals surface area (Å²) in [6.45, 7) is 4.12. The number of thioether (sulfide) groups is 1. The van der Waals surface area contributed by atoms with Crippen LogP contribution in [0.2, 0.25) is 0 Å². The zero-order chi connectivity index (χ0) is 12.7. The van der Waals surface area contributed by atoms with Gasteiger partial charge in [-0.05, 0) is 20.1 Å². The molecule has 0 bridgehead atoms. The number of hydrogen-bond donors (Lipinski definition) is 2. The lowest BCUT2D eigenvalue weighted by Gasteiger charge is -2.22. The first-order chi connectivity index (χ1) is 7.33. The Hall–Kier alpha value is 0.180. The first-order valence-corrected chi connectivity index (χ1v) is 8.14. The van der Waals surface area contributed by atoms with E-state index in [0.29, 0.717) is 12.4 Å². The van der Waals surface area contributed by atoms with E-state index in [9.17, 15) is 13.5 Å². The van der Waals surface area contributed by atoms with Crippen molar-refractivity contribution < 1.29 is 18.3 Å². The van der Waals surface area contributed by atoms with Crippen molar-refractivity contribution >= 4 is 21.8 Å². The fraction of sp³-hybridized carbons (Fsp3) is 1.00. The van der Waals surface area contributed by atoms with Crippen molar-refractivity contribution in [2.75, 3.05) is 37.5 Å². The lowest BCUT2D eigenvalue weighted by Crippen LogP contribution is -2.43. The third-order valence-corrected chi connectivity index (χ3v) is 4.03. The van der Waals surface area contributed by atoms with E-state index in [-0.39, 0.29) is 18.9 Å². The van der Waals surface area contributed by atoms with Crippen molar-refractivity contribution in [3.63, 3.8) is 0 Å². The second kappa shape index (κ2) is 7.50. The predicted molar refractivity (Wildman–Crippen MR) is 67.3 cm³/mol. The highest BCUT2D eigenvalue weighted by Gasteiger charge is 2.22. The maximum absolute atomic E-state index is 11.4. The van der Waals surface area contributed by atoms with Gasteiger partial charge in [-0.25, -0.2) is 13.1 Å². The molecule has 0 radical (unpaired) electrons. The van der Waals surface area contributed by atoms with Gasteiger partial charge in [0.05, 0.1) is 18.0 Å². The van der Waals surface area contributed by atoms with Gasteiger partial charge in [0, 0.05) is 18.9 Å². The maximum atomic E-state index is 11.4. The molecule has 0 saturated heterocycles. The first kappa shape index (κ1) is 16.2. The normalized spacial score (nSPS) is 16.0. The Kier molecular flexibility index (Phi) is 7.58. The topological polar surface area (TPSA) is 75.6 Å². The zero-order valence-electron chi connectivity index (χ0n) is 10.0. The fourth-order valence-corrected chi connectivity index (χ4v) is 2.75. The Bertz CT molecular complexity index is 277. The molecule has 0 fully saturated rings. The molecule has 0 aliphatic heterocycles. The molecule has 0 amide bonds. The van der Waals surface area contributed by atoms with E-state index in [0.717, 1.165) is 0 Å². The van der Waals surface area contributed by atoms with E-state index in [1.165, 1.54) is 11.8 Å². The summed E-state index contributed by atoms with van der Waals surface area (Å²) in [5.74, 6) is 0.414. The van der Waals surface area contributed by atoms with Crippen LogP contribution in [0.3, 0.4) is 0 Å². The monoisotopic (exact) mass is 271 g/mol. The highest BCUT2D eigenvalue weighted by molar-refractivity contribution is 7.98.